The summed E-state index contributed by atoms with van der Waals surface area (Å²) in [4.78, 5) is 29.6. The number of aryl methyl sites for hydroxylation is 2. The molecule has 0 spiro atoms. The minimum atomic E-state index is -0.159. The van der Waals surface area contributed by atoms with Gasteiger partial charge in [-0.1, -0.05) is 6.07 Å². The van der Waals surface area contributed by atoms with Crippen molar-refractivity contribution in [2.75, 3.05) is 6.54 Å². The molecule has 1 saturated heterocycles. The lowest BCUT2D eigenvalue weighted by atomic mass is 9.79. The number of aromatic nitrogens is 2. The van der Waals surface area contributed by atoms with E-state index in [1.165, 1.54) is 0 Å². The molecule has 0 bridgehead atoms. The summed E-state index contributed by atoms with van der Waals surface area (Å²) < 4.78 is 1.83. The molecule has 0 unspecified atom stereocenters. The lowest BCUT2D eigenvalue weighted by Crippen LogP contribution is -2.62. The second-order valence-corrected chi connectivity index (χ2v) is 9.86. The van der Waals surface area contributed by atoms with Gasteiger partial charge >= 0.3 is 0 Å². The number of amides is 2. The molecule has 1 aliphatic heterocycles. The zero-order chi connectivity index (χ0) is 22.1. The lowest BCUT2D eigenvalue weighted by molar-refractivity contribution is -0.122. The van der Waals surface area contributed by atoms with Crippen LogP contribution >= 0.6 is 0 Å². The number of carbonyl (C=O) groups is 2. The van der Waals surface area contributed by atoms with E-state index in [2.05, 4.69) is 48.6 Å². The molecule has 2 aromatic rings. The number of nitrogens with one attached hydrogen (secondary N) is 3. The number of nitrogens with zero attached hydrogens (tertiary/aromatic N) is 2. The third kappa shape index (κ3) is 5.19. The van der Waals surface area contributed by atoms with Gasteiger partial charge in [-0.15, -0.1) is 0 Å². The summed E-state index contributed by atoms with van der Waals surface area (Å²) in [5.41, 5.74) is 3.08. The van der Waals surface area contributed by atoms with Crippen LogP contribution in [0.5, 0.6) is 0 Å². The summed E-state index contributed by atoms with van der Waals surface area (Å²) in [6.45, 7) is 13.0. The van der Waals surface area contributed by atoms with Crippen LogP contribution in [0.1, 0.15) is 75.1 Å². The molecular weight excluding hydrogens is 378 g/mol. The van der Waals surface area contributed by atoms with Gasteiger partial charge in [-0.05, 0) is 72.4 Å². The standard InChI is InChI=1S/C23H35N5O2/c1-15-9-8-12-28-19(16(2)25-20(15)28)21(30)24-11-7-10-18(29)26-17-13-22(3,4)27-23(5,6)14-17/h8-9,12,17,27H,7,10-11,13-14H2,1-6H3,(H,24,30)(H,26,29). The van der Waals surface area contributed by atoms with E-state index < -0.39 is 0 Å². The largest absolute Gasteiger partial charge is 0.353 e. The summed E-state index contributed by atoms with van der Waals surface area (Å²) >= 11 is 0. The summed E-state index contributed by atoms with van der Waals surface area (Å²) in [6.07, 6.45) is 4.67. The van der Waals surface area contributed by atoms with Crippen LogP contribution in [0.15, 0.2) is 18.3 Å². The second kappa shape index (κ2) is 8.38. The van der Waals surface area contributed by atoms with Crippen LogP contribution in [0.3, 0.4) is 0 Å². The highest BCUT2D eigenvalue weighted by Gasteiger charge is 2.38. The second-order valence-electron chi connectivity index (χ2n) is 9.86. The Bertz CT molecular complexity index is 928. The molecular formula is C23H35N5O2. The van der Waals surface area contributed by atoms with Gasteiger partial charge in [-0.2, -0.15) is 0 Å². The van der Waals surface area contributed by atoms with E-state index in [1.54, 1.807) is 0 Å². The van der Waals surface area contributed by atoms with Crippen molar-refractivity contribution in [2.45, 2.75) is 84.3 Å². The minimum Gasteiger partial charge on any atom is -0.353 e. The van der Waals surface area contributed by atoms with Crippen LogP contribution in [0.4, 0.5) is 0 Å². The SMILES string of the molecule is Cc1nc2c(C)cccn2c1C(=O)NCCCC(=O)NC1CC(C)(C)NC(C)(C)C1. The summed E-state index contributed by atoms with van der Waals surface area (Å²) in [5.74, 6) is -0.114. The van der Waals surface area contributed by atoms with Gasteiger partial charge in [-0.3, -0.25) is 14.0 Å². The molecule has 7 heteroatoms. The molecule has 1 fully saturated rings. The molecule has 0 radical (unpaired) electrons. The zero-order valence-electron chi connectivity index (χ0n) is 19.1. The van der Waals surface area contributed by atoms with Crippen molar-refractivity contribution in [2.24, 2.45) is 0 Å². The Labute approximate surface area is 179 Å². The number of pyridine rings is 1. The Kier molecular flexibility index (Phi) is 6.22. The van der Waals surface area contributed by atoms with Crippen LogP contribution in [-0.2, 0) is 4.79 Å². The van der Waals surface area contributed by atoms with Gasteiger partial charge in [0.2, 0.25) is 5.91 Å². The minimum absolute atomic E-state index is 0.00208. The number of fused-ring (bicyclic) bond motifs is 1. The molecule has 0 saturated carbocycles. The lowest BCUT2D eigenvalue weighted by Gasteiger charge is -2.46. The fourth-order valence-electron chi connectivity index (χ4n) is 4.85. The van der Waals surface area contributed by atoms with Crippen molar-refractivity contribution in [3.8, 4) is 0 Å². The average Bonchev–Trinajstić information content (AvgIpc) is 2.93. The van der Waals surface area contributed by atoms with Gasteiger partial charge in [0, 0.05) is 36.3 Å². The van der Waals surface area contributed by atoms with Crippen LogP contribution in [0, 0.1) is 13.8 Å². The normalized spacial score (nSPS) is 18.3. The van der Waals surface area contributed by atoms with E-state index in [9.17, 15) is 9.59 Å². The van der Waals surface area contributed by atoms with Crippen molar-refractivity contribution < 1.29 is 9.59 Å². The summed E-state index contributed by atoms with van der Waals surface area (Å²) in [7, 11) is 0. The van der Waals surface area contributed by atoms with E-state index in [0.29, 0.717) is 30.8 Å². The highest BCUT2D eigenvalue weighted by Crippen LogP contribution is 2.28. The molecule has 3 N–H and O–H groups in total. The number of carbonyl (C=O) groups excluding carboxylic acids is 2. The average molecular weight is 414 g/mol. The smallest absolute Gasteiger partial charge is 0.270 e. The number of imidazole rings is 1. The van der Waals surface area contributed by atoms with E-state index in [1.807, 2.05) is 36.6 Å². The Balaban J connectivity index is 1.48. The molecule has 0 aromatic carbocycles. The van der Waals surface area contributed by atoms with Crippen LogP contribution in [-0.4, -0.2) is 44.9 Å². The molecule has 3 rings (SSSR count). The molecule has 1 aliphatic rings. The third-order valence-corrected chi connectivity index (χ3v) is 5.66. The zero-order valence-corrected chi connectivity index (χ0v) is 19.1. The van der Waals surface area contributed by atoms with Crippen LogP contribution in [0.25, 0.3) is 5.65 Å². The van der Waals surface area contributed by atoms with Crippen molar-refractivity contribution in [3.05, 3.63) is 35.3 Å². The van der Waals surface area contributed by atoms with Crippen LogP contribution in [0.2, 0.25) is 0 Å². The Morgan fingerprint density at radius 2 is 1.87 bits per heavy atom. The van der Waals surface area contributed by atoms with E-state index in [-0.39, 0.29) is 28.9 Å². The maximum absolute atomic E-state index is 12.7. The highest BCUT2D eigenvalue weighted by atomic mass is 16.2. The molecule has 0 atom stereocenters. The fraction of sp³-hybridized carbons (Fsp3) is 0.609. The number of hydrogen-bond acceptors (Lipinski definition) is 4. The highest BCUT2D eigenvalue weighted by molar-refractivity contribution is 5.94. The number of rotatable bonds is 6. The van der Waals surface area contributed by atoms with Gasteiger partial charge < -0.3 is 16.0 Å². The monoisotopic (exact) mass is 413 g/mol. The molecule has 2 amide bonds. The Morgan fingerprint density at radius 3 is 2.53 bits per heavy atom. The molecule has 164 valence electrons. The first-order chi connectivity index (χ1) is 14.0. The summed E-state index contributed by atoms with van der Waals surface area (Å²) in [5, 5.41) is 9.74. The van der Waals surface area contributed by atoms with Crippen LogP contribution < -0.4 is 16.0 Å². The van der Waals surface area contributed by atoms with Gasteiger partial charge in [0.05, 0.1) is 5.69 Å². The fourth-order valence-corrected chi connectivity index (χ4v) is 4.85. The van der Waals surface area contributed by atoms with Crippen molar-refractivity contribution in [1.82, 2.24) is 25.3 Å². The Hall–Kier alpha value is -2.41. The first-order valence-corrected chi connectivity index (χ1v) is 10.8. The number of piperidine rings is 1. The number of hydrogen-bond donors (Lipinski definition) is 3. The molecule has 2 aromatic heterocycles. The van der Waals surface area contributed by atoms with E-state index >= 15 is 0 Å². The molecule has 0 aliphatic carbocycles. The first-order valence-electron chi connectivity index (χ1n) is 10.8. The maximum Gasteiger partial charge on any atom is 0.270 e. The quantitative estimate of drug-likeness (QED) is 0.636. The van der Waals surface area contributed by atoms with Gasteiger partial charge in [0.25, 0.3) is 5.91 Å². The molecule has 7 nitrogen and oxygen atoms in total. The van der Waals surface area contributed by atoms with E-state index in [4.69, 9.17) is 0 Å². The Morgan fingerprint density at radius 1 is 1.20 bits per heavy atom. The molecule has 3 heterocycles. The maximum atomic E-state index is 12.7. The predicted molar refractivity (Wildman–Crippen MR) is 119 cm³/mol. The first kappa shape index (κ1) is 22.3. The van der Waals surface area contributed by atoms with Crippen molar-refractivity contribution in [1.29, 1.82) is 0 Å². The summed E-state index contributed by atoms with van der Waals surface area (Å²) in [6, 6.07) is 4.06. The van der Waals surface area contributed by atoms with Crippen molar-refractivity contribution >= 4 is 17.5 Å². The topological polar surface area (TPSA) is 87.5 Å². The predicted octanol–water partition coefficient (Wildman–Crippen LogP) is 2.89. The molecule has 30 heavy (non-hydrogen) atoms. The van der Waals surface area contributed by atoms with Gasteiger partial charge in [0.1, 0.15) is 11.3 Å². The van der Waals surface area contributed by atoms with E-state index in [0.717, 1.165) is 24.1 Å². The third-order valence-electron chi connectivity index (χ3n) is 5.66. The van der Waals surface area contributed by atoms with Crippen molar-refractivity contribution in [3.63, 3.8) is 0 Å². The van der Waals surface area contributed by atoms with Gasteiger partial charge in [-0.25, -0.2) is 4.98 Å². The van der Waals surface area contributed by atoms with Gasteiger partial charge in [0.15, 0.2) is 0 Å².